The van der Waals surface area contributed by atoms with Crippen molar-refractivity contribution in [3.63, 3.8) is 0 Å². The van der Waals surface area contributed by atoms with E-state index in [0.29, 0.717) is 6.61 Å². The zero-order valence-corrected chi connectivity index (χ0v) is 13.3. The summed E-state index contributed by atoms with van der Waals surface area (Å²) < 4.78 is 0. The van der Waals surface area contributed by atoms with Gasteiger partial charge in [0.1, 0.15) is 18.1 Å². The third-order valence-corrected chi connectivity index (χ3v) is 4.91. The Kier molecular flexibility index (Phi) is 4.49. The molecule has 0 aliphatic heterocycles. The Morgan fingerprint density at radius 1 is 1.15 bits per heavy atom. The molecule has 0 fully saturated rings. The van der Waals surface area contributed by atoms with Crippen LogP contribution in [-0.2, 0) is 0 Å². The van der Waals surface area contributed by atoms with E-state index in [-0.39, 0.29) is 5.75 Å². The summed E-state index contributed by atoms with van der Waals surface area (Å²) in [7, 11) is -1.00. The van der Waals surface area contributed by atoms with Crippen LogP contribution in [0.25, 0.3) is 11.3 Å². The van der Waals surface area contributed by atoms with Crippen molar-refractivity contribution in [1.29, 1.82) is 0 Å². The molecule has 0 aliphatic rings. The molecule has 4 nitrogen and oxygen atoms in total. The number of aromatic nitrogens is 2. The molecule has 2 aromatic rings. The van der Waals surface area contributed by atoms with Gasteiger partial charge in [0.15, 0.2) is 0 Å². The molecule has 5 heteroatoms. The van der Waals surface area contributed by atoms with E-state index in [0.717, 1.165) is 17.7 Å². The van der Waals surface area contributed by atoms with Crippen molar-refractivity contribution >= 4 is 8.07 Å². The third-order valence-electron chi connectivity index (χ3n) is 3.06. The molecule has 20 heavy (non-hydrogen) atoms. The van der Waals surface area contributed by atoms with Crippen LogP contribution in [0.15, 0.2) is 36.5 Å². The van der Waals surface area contributed by atoms with Crippen molar-refractivity contribution in [3.05, 3.63) is 36.5 Å². The zero-order valence-electron chi connectivity index (χ0n) is 12.3. The van der Waals surface area contributed by atoms with E-state index < -0.39 is 8.07 Å². The van der Waals surface area contributed by atoms with E-state index in [4.69, 9.17) is 4.84 Å². The quantitative estimate of drug-likeness (QED) is 0.655. The van der Waals surface area contributed by atoms with Crippen LogP contribution < -0.4 is 4.84 Å². The fourth-order valence-electron chi connectivity index (χ4n) is 1.99. The molecule has 0 aliphatic carbocycles. The van der Waals surface area contributed by atoms with Gasteiger partial charge in [0, 0.05) is 13.6 Å². The van der Waals surface area contributed by atoms with Gasteiger partial charge in [-0.1, -0.05) is 30.5 Å². The molecular formula is C15H22N2O2Si. The normalized spacial score (nSPS) is 11.6. The lowest BCUT2D eigenvalue weighted by Crippen LogP contribution is -2.22. The fraction of sp³-hybridized carbons (Fsp3) is 0.400. The largest absolute Gasteiger partial charge is 0.508 e. The molecule has 0 unspecified atom stereocenters. The number of benzene rings is 1. The topological polar surface area (TPSA) is 47.3 Å². The second-order valence-electron chi connectivity index (χ2n) is 6.13. The Morgan fingerprint density at radius 2 is 1.85 bits per heavy atom. The molecule has 0 spiro atoms. The van der Waals surface area contributed by atoms with E-state index >= 15 is 0 Å². The molecule has 2 rings (SSSR count). The summed E-state index contributed by atoms with van der Waals surface area (Å²) in [6.45, 7) is 7.77. The first-order chi connectivity index (χ1) is 9.46. The van der Waals surface area contributed by atoms with Crippen LogP contribution in [0.3, 0.4) is 0 Å². The molecule has 0 atom stereocenters. The molecule has 108 valence electrons. The number of nitrogens with zero attached hydrogens (tertiary/aromatic N) is 2. The Balaban J connectivity index is 1.97. The Morgan fingerprint density at radius 3 is 2.50 bits per heavy atom. The van der Waals surface area contributed by atoms with Gasteiger partial charge in [0.05, 0.1) is 6.20 Å². The van der Waals surface area contributed by atoms with Crippen LogP contribution in [0.5, 0.6) is 5.75 Å². The number of hydrogen-bond acceptors (Lipinski definition) is 3. The molecule has 0 amide bonds. The van der Waals surface area contributed by atoms with E-state index in [9.17, 15) is 5.11 Å². The summed E-state index contributed by atoms with van der Waals surface area (Å²) in [6.07, 6.45) is 2.78. The minimum Gasteiger partial charge on any atom is -0.508 e. The maximum atomic E-state index is 9.32. The zero-order chi connectivity index (χ0) is 14.6. The van der Waals surface area contributed by atoms with Gasteiger partial charge in [-0.3, -0.25) is 0 Å². The average Bonchev–Trinajstić information content (AvgIpc) is 2.83. The van der Waals surface area contributed by atoms with Crippen LogP contribution in [0.2, 0.25) is 25.7 Å². The second kappa shape index (κ2) is 6.13. The van der Waals surface area contributed by atoms with E-state index in [2.05, 4.69) is 24.7 Å². The van der Waals surface area contributed by atoms with Crippen molar-refractivity contribution in [2.45, 2.75) is 32.1 Å². The Hall–Kier alpha value is -1.75. The molecule has 1 N–H and O–H groups in total. The monoisotopic (exact) mass is 290 g/mol. The van der Waals surface area contributed by atoms with Gasteiger partial charge in [-0.05, 0) is 36.8 Å². The highest BCUT2D eigenvalue weighted by Crippen LogP contribution is 2.21. The van der Waals surface area contributed by atoms with Crippen LogP contribution >= 0.6 is 0 Å². The standard InChI is InChI=1S/C15H22N2O2Si/c1-20(2,3)12-4-11-19-17-15(9-10-16-17)13-5-7-14(18)8-6-13/h5-10,18H,4,11-12H2,1-3H3. The van der Waals surface area contributed by atoms with Gasteiger partial charge in [0.2, 0.25) is 0 Å². The van der Waals surface area contributed by atoms with E-state index in [1.165, 1.54) is 6.04 Å². The third kappa shape index (κ3) is 4.13. The lowest BCUT2D eigenvalue weighted by molar-refractivity contribution is 0.0863. The van der Waals surface area contributed by atoms with Crippen molar-refractivity contribution in [3.8, 4) is 17.0 Å². The van der Waals surface area contributed by atoms with Crippen molar-refractivity contribution in [2.75, 3.05) is 6.61 Å². The lowest BCUT2D eigenvalue weighted by Gasteiger charge is -2.15. The van der Waals surface area contributed by atoms with Gasteiger partial charge in [-0.25, -0.2) is 0 Å². The van der Waals surface area contributed by atoms with Crippen LogP contribution in [0.1, 0.15) is 6.42 Å². The van der Waals surface area contributed by atoms with Gasteiger partial charge in [-0.15, -0.1) is 5.10 Å². The van der Waals surface area contributed by atoms with Gasteiger partial charge in [0.25, 0.3) is 0 Å². The minimum absolute atomic E-state index is 0.260. The predicted molar refractivity (Wildman–Crippen MR) is 83.5 cm³/mol. The molecule has 0 bridgehead atoms. The molecule has 1 aromatic carbocycles. The molecule has 1 aromatic heterocycles. The van der Waals surface area contributed by atoms with Gasteiger partial charge < -0.3 is 9.94 Å². The summed E-state index contributed by atoms with van der Waals surface area (Å²) in [5, 5.41) is 13.5. The first-order valence-electron chi connectivity index (χ1n) is 6.92. The number of phenols is 1. The molecule has 0 radical (unpaired) electrons. The number of rotatable bonds is 6. The van der Waals surface area contributed by atoms with Gasteiger partial charge in [-0.2, -0.15) is 0 Å². The summed E-state index contributed by atoms with van der Waals surface area (Å²) >= 11 is 0. The Labute approximate surface area is 121 Å². The van der Waals surface area contributed by atoms with Crippen LogP contribution in [0.4, 0.5) is 0 Å². The molecule has 0 saturated heterocycles. The van der Waals surface area contributed by atoms with Crippen molar-refractivity contribution in [1.82, 2.24) is 9.94 Å². The summed E-state index contributed by atoms with van der Waals surface area (Å²) in [6, 6.07) is 10.2. The highest BCUT2D eigenvalue weighted by Gasteiger charge is 2.12. The van der Waals surface area contributed by atoms with Gasteiger partial charge >= 0.3 is 0 Å². The van der Waals surface area contributed by atoms with E-state index in [1.807, 2.05) is 18.2 Å². The van der Waals surface area contributed by atoms with Crippen LogP contribution in [-0.4, -0.2) is 29.7 Å². The molecule has 1 heterocycles. The lowest BCUT2D eigenvalue weighted by atomic mass is 10.1. The van der Waals surface area contributed by atoms with Crippen molar-refractivity contribution < 1.29 is 9.94 Å². The summed E-state index contributed by atoms with van der Waals surface area (Å²) in [5.41, 5.74) is 1.88. The van der Waals surface area contributed by atoms with E-state index in [1.54, 1.807) is 23.2 Å². The van der Waals surface area contributed by atoms with Crippen molar-refractivity contribution in [2.24, 2.45) is 0 Å². The molecule has 0 saturated carbocycles. The second-order valence-corrected chi connectivity index (χ2v) is 11.8. The SMILES string of the molecule is C[Si](C)(C)CCCOn1nccc1-c1ccc(O)cc1. The highest BCUT2D eigenvalue weighted by molar-refractivity contribution is 6.76. The smallest absolute Gasteiger partial charge is 0.116 e. The highest BCUT2D eigenvalue weighted by atomic mass is 28.3. The number of hydrogen-bond donors (Lipinski definition) is 1. The first-order valence-corrected chi connectivity index (χ1v) is 10.6. The van der Waals surface area contributed by atoms with Crippen LogP contribution in [0, 0.1) is 0 Å². The maximum Gasteiger partial charge on any atom is 0.116 e. The first kappa shape index (κ1) is 14.7. The Bertz CT molecular complexity index is 544. The minimum atomic E-state index is -1.00. The molecular weight excluding hydrogens is 268 g/mol. The predicted octanol–water partition coefficient (Wildman–Crippen LogP) is 3.41. The summed E-state index contributed by atoms with van der Waals surface area (Å²) in [4.78, 5) is 7.29. The average molecular weight is 290 g/mol. The number of aromatic hydroxyl groups is 1. The maximum absolute atomic E-state index is 9.32. The summed E-state index contributed by atoms with van der Waals surface area (Å²) in [5.74, 6) is 0.260. The fourth-order valence-corrected chi connectivity index (χ4v) is 3.19. The number of phenolic OH excluding ortho intramolecular Hbond substituents is 1.